The summed E-state index contributed by atoms with van der Waals surface area (Å²) in [6.45, 7) is 7.81. The predicted octanol–water partition coefficient (Wildman–Crippen LogP) is 5.38. The van der Waals surface area contributed by atoms with Gasteiger partial charge < -0.3 is 9.47 Å². The number of allylic oxidation sites excluding steroid dienone is 2. The molecule has 2 aromatic carbocycles. The van der Waals surface area contributed by atoms with E-state index in [1.807, 2.05) is 44.2 Å². The van der Waals surface area contributed by atoms with Crippen LogP contribution in [0.15, 0.2) is 59.2 Å². The van der Waals surface area contributed by atoms with E-state index in [0.29, 0.717) is 48.4 Å². The number of anilines is 1. The third kappa shape index (κ3) is 5.36. The van der Waals surface area contributed by atoms with Gasteiger partial charge in [0.25, 0.3) is 10.0 Å². The van der Waals surface area contributed by atoms with E-state index in [-0.39, 0.29) is 23.0 Å². The van der Waals surface area contributed by atoms with E-state index in [1.165, 1.54) is 16.4 Å². The standard InChI is InChI=1S/C27H33NO5S/c1-4-20-5-7-22(8-6-20)28(18-19(2)3)34(30,31)24-9-10-27-25(17-24)26(29)16-23(33-27)15-21-11-13-32-14-12-21/h5-10,15,17,19,21H,4,11-14,16,18H2,1-3H3. The SMILES string of the molecule is CCc1ccc(N(CC(C)C)S(=O)(=O)c2ccc3c(c2)C(=O)CC(=CC2CCOCC2)O3)cc1. The first kappa shape index (κ1) is 24.5. The number of ether oxygens (including phenoxy) is 2. The third-order valence-corrected chi connectivity index (χ3v) is 8.06. The second-order valence-corrected chi connectivity index (χ2v) is 11.3. The number of carbonyl (C=O) groups is 1. The molecule has 0 aliphatic carbocycles. The molecule has 182 valence electrons. The lowest BCUT2D eigenvalue weighted by atomic mass is 9.96. The van der Waals surface area contributed by atoms with Crippen molar-refractivity contribution in [2.45, 2.75) is 51.3 Å². The molecule has 34 heavy (non-hydrogen) atoms. The van der Waals surface area contributed by atoms with E-state index < -0.39 is 10.0 Å². The highest BCUT2D eigenvalue weighted by Crippen LogP contribution is 2.34. The zero-order valence-electron chi connectivity index (χ0n) is 20.1. The van der Waals surface area contributed by atoms with Gasteiger partial charge in [0, 0.05) is 19.8 Å². The van der Waals surface area contributed by atoms with Crippen LogP contribution in [-0.4, -0.2) is 34.0 Å². The number of hydrogen-bond acceptors (Lipinski definition) is 5. The normalized spacial score (nSPS) is 18.1. The largest absolute Gasteiger partial charge is 0.461 e. The summed E-state index contributed by atoms with van der Waals surface area (Å²) in [5, 5.41) is 0. The maximum atomic E-state index is 13.7. The molecule has 0 radical (unpaired) electrons. The van der Waals surface area contributed by atoms with E-state index in [4.69, 9.17) is 9.47 Å². The first-order valence-electron chi connectivity index (χ1n) is 12.0. The molecule has 0 bridgehead atoms. The Kier molecular flexibility index (Phi) is 7.43. The second-order valence-electron chi connectivity index (χ2n) is 9.39. The molecular weight excluding hydrogens is 450 g/mol. The van der Waals surface area contributed by atoms with Crippen LogP contribution in [0.3, 0.4) is 0 Å². The molecule has 2 aliphatic heterocycles. The first-order valence-corrected chi connectivity index (χ1v) is 13.5. The van der Waals surface area contributed by atoms with Crippen LogP contribution in [0.25, 0.3) is 0 Å². The van der Waals surface area contributed by atoms with E-state index >= 15 is 0 Å². The van der Waals surface area contributed by atoms with Crippen LogP contribution < -0.4 is 9.04 Å². The first-order chi connectivity index (χ1) is 16.3. The molecule has 2 aliphatic rings. The Morgan fingerprint density at radius 3 is 2.44 bits per heavy atom. The monoisotopic (exact) mass is 483 g/mol. The van der Waals surface area contributed by atoms with Gasteiger partial charge >= 0.3 is 0 Å². The number of hydrogen-bond donors (Lipinski definition) is 0. The van der Waals surface area contributed by atoms with Gasteiger partial charge in [0.2, 0.25) is 0 Å². The van der Waals surface area contributed by atoms with Gasteiger partial charge in [-0.2, -0.15) is 0 Å². The Morgan fingerprint density at radius 2 is 1.79 bits per heavy atom. The number of carbonyl (C=O) groups excluding carboxylic acids is 1. The van der Waals surface area contributed by atoms with E-state index in [1.54, 1.807) is 6.07 Å². The highest BCUT2D eigenvalue weighted by molar-refractivity contribution is 7.92. The molecule has 0 spiro atoms. The molecule has 0 N–H and O–H groups in total. The third-order valence-electron chi connectivity index (χ3n) is 6.27. The van der Waals surface area contributed by atoms with E-state index in [0.717, 1.165) is 24.8 Å². The van der Waals surface area contributed by atoms with Crippen molar-refractivity contribution in [1.82, 2.24) is 0 Å². The lowest BCUT2D eigenvalue weighted by Gasteiger charge is -2.27. The summed E-state index contributed by atoms with van der Waals surface area (Å²) >= 11 is 0. The van der Waals surface area contributed by atoms with Crippen molar-refractivity contribution in [3.8, 4) is 5.75 Å². The van der Waals surface area contributed by atoms with Crippen LogP contribution in [-0.2, 0) is 21.2 Å². The van der Waals surface area contributed by atoms with Gasteiger partial charge in [-0.05, 0) is 73.1 Å². The Hall–Kier alpha value is -2.64. The van der Waals surface area contributed by atoms with Crippen LogP contribution in [0.5, 0.6) is 5.75 Å². The summed E-state index contributed by atoms with van der Waals surface area (Å²) in [6.07, 6.45) is 4.88. The van der Waals surface area contributed by atoms with Crippen LogP contribution >= 0.6 is 0 Å². The minimum atomic E-state index is -3.86. The van der Waals surface area contributed by atoms with Crippen LogP contribution in [0, 0.1) is 11.8 Å². The maximum absolute atomic E-state index is 13.7. The minimum absolute atomic E-state index is 0.0975. The number of aryl methyl sites for hydroxylation is 1. The lowest BCUT2D eigenvalue weighted by molar-refractivity contribution is 0.0775. The molecule has 0 aromatic heterocycles. The molecule has 1 fully saturated rings. The zero-order chi connectivity index (χ0) is 24.3. The van der Waals surface area contributed by atoms with E-state index in [9.17, 15) is 13.2 Å². The number of benzene rings is 2. The highest BCUT2D eigenvalue weighted by atomic mass is 32.2. The predicted molar refractivity (Wildman–Crippen MR) is 133 cm³/mol. The average Bonchev–Trinajstić information content (AvgIpc) is 2.83. The number of fused-ring (bicyclic) bond motifs is 1. The number of Topliss-reactive ketones (excluding diaryl/α,β-unsaturated/α-hetero) is 1. The summed E-state index contributed by atoms with van der Waals surface area (Å²) in [6, 6.07) is 12.2. The van der Waals surface area contributed by atoms with Crippen molar-refractivity contribution in [3.05, 3.63) is 65.4 Å². The number of sulfonamides is 1. The summed E-state index contributed by atoms with van der Waals surface area (Å²) in [4.78, 5) is 13.0. The molecule has 7 heteroatoms. The van der Waals surface area contributed by atoms with Gasteiger partial charge in [0.1, 0.15) is 11.5 Å². The molecule has 1 saturated heterocycles. The molecule has 4 rings (SSSR count). The maximum Gasteiger partial charge on any atom is 0.264 e. The topological polar surface area (TPSA) is 72.9 Å². The van der Waals surface area contributed by atoms with Gasteiger partial charge in [0.05, 0.1) is 22.6 Å². The molecule has 2 heterocycles. The Balaban J connectivity index is 1.63. The number of ketones is 1. The van der Waals surface area contributed by atoms with Crippen molar-refractivity contribution in [1.29, 1.82) is 0 Å². The van der Waals surface area contributed by atoms with Crippen molar-refractivity contribution in [2.24, 2.45) is 11.8 Å². The zero-order valence-corrected chi connectivity index (χ0v) is 20.9. The van der Waals surface area contributed by atoms with Gasteiger partial charge in [-0.25, -0.2) is 8.42 Å². The Morgan fingerprint density at radius 1 is 1.09 bits per heavy atom. The quantitative estimate of drug-likeness (QED) is 0.529. The fraction of sp³-hybridized carbons (Fsp3) is 0.444. The highest BCUT2D eigenvalue weighted by Gasteiger charge is 2.30. The molecule has 0 unspecified atom stereocenters. The average molecular weight is 484 g/mol. The summed E-state index contributed by atoms with van der Waals surface area (Å²) in [5.74, 6) is 1.38. The molecule has 0 saturated carbocycles. The fourth-order valence-corrected chi connectivity index (χ4v) is 6.00. The number of nitrogens with zero attached hydrogens (tertiary/aromatic N) is 1. The Labute approximate surface area is 202 Å². The van der Waals surface area contributed by atoms with Gasteiger partial charge in [-0.15, -0.1) is 0 Å². The lowest BCUT2D eigenvalue weighted by Crippen LogP contribution is -2.34. The van der Waals surface area contributed by atoms with Crippen molar-refractivity contribution < 1.29 is 22.7 Å². The van der Waals surface area contributed by atoms with Crippen LogP contribution in [0.1, 0.15) is 56.0 Å². The van der Waals surface area contributed by atoms with Crippen molar-refractivity contribution in [2.75, 3.05) is 24.1 Å². The van der Waals surface area contributed by atoms with Gasteiger partial charge in [-0.3, -0.25) is 9.10 Å². The van der Waals surface area contributed by atoms with Crippen LogP contribution in [0.2, 0.25) is 0 Å². The molecule has 0 amide bonds. The minimum Gasteiger partial charge on any atom is -0.461 e. The smallest absolute Gasteiger partial charge is 0.264 e. The second kappa shape index (κ2) is 10.3. The Bertz CT molecular complexity index is 1160. The molecule has 0 atom stereocenters. The van der Waals surface area contributed by atoms with Gasteiger partial charge in [0.15, 0.2) is 5.78 Å². The van der Waals surface area contributed by atoms with E-state index in [2.05, 4.69) is 6.92 Å². The molecular formula is C27H33NO5S. The van der Waals surface area contributed by atoms with Crippen LogP contribution in [0.4, 0.5) is 5.69 Å². The summed E-state index contributed by atoms with van der Waals surface area (Å²) < 4.78 is 40.2. The summed E-state index contributed by atoms with van der Waals surface area (Å²) in [5.41, 5.74) is 2.08. The van der Waals surface area contributed by atoms with Gasteiger partial charge in [-0.1, -0.05) is 32.9 Å². The molecule has 6 nitrogen and oxygen atoms in total. The van der Waals surface area contributed by atoms with Crippen molar-refractivity contribution in [3.63, 3.8) is 0 Å². The summed E-state index contributed by atoms with van der Waals surface area (Å²) in [7, 11) is -3.86. The molecule has 2 aromatic rings. The fourth-order valence-electron chi connectivity index (χ4n) is 4.34. The number of rotatable bonds is 7. The van der Waals surface area contributed by atoms with Crippen molar-refractivity contribution >= 4 is 21.5 Å².